The van der Waals surface area contributed by atoms with Gasteiger partial charge >= 0.3 is 6.09 Å². The van der Waals surface area contributed by atoms with E-state index in [1.54, 1.807) is 38.4 Å². The number of ether oxygens (including phenoxy) is 3. The van der Waals surface area contributed by atoms with Gasteiger partial charge < -0.3 is 40.8 Å². The van der Waals surface area contributed by atoms with Crippen molar-refractivity contribution in [1.29, 1.82) is 0 Å². The number of benzene rings is 5. The average Bonchev–Trinajstić information content (AvgIpc) is 1.62. The third-order valence-electron chi connectivity index (χ3n) is 16.4. The predicted molar refractivity (Wildman–Crippen MR) is 405 cm³/mol. The van der Waals surface area contributed by atoms with Gasteiger partial charge in [-0.25, -0.2) is 14.2 Å². The number of aromatic nitrogens is 8. The molecule has 0 aliphatic heterocycles. The van der Waals surface area contributed by atoms with Crippen LogP contribution in [0, 0.1) is 27.7 Å². The van der Waals surface area contributed by atoms with E-state index in [1.807, 2.05) is 155 Å². The maximum absolute atomic E-state index is 14.0. The first kappa shape index (κ1) is 77.2. The van der Waals surface area contributed by atoms with Crippen molar-refractivity contribution >= 4 is 96.4 Å². The highest BCUT2D eigenvalue weighted by Gasteiger charge is 2.28. The molecule has 5 aromatic carbocycles. The number of carbonyl (C=O) groups is 5. The third-order valence-corrected chi connectivity index (χ3v) is 21.1. The standard InChI is InChI=1S/C43H54ClN7O5Si.C31H38BrClN6O3Si/c1-28-39(29(2)51(49-28)27-55-21-22-57(7,8)9)31-13-16-35(17-14-31)47-40(52)37(48-41(53)38-19-20-46-50(38)6)25-34-24-33(15-18-36(34)44)32-12-10-11-30(23-32)26-45-42(54)56-43(3,4)5;1-20-29(21(2)39(37-20)19-42-15-16-43(4,5)6)22-7-10-25(11-8-22)35-30(40)27(18-23-17-24(32)9-12-26(23)33)36-31(41)28-13-14-34-38(28)3/h10-20,23-24,37H,21-22,25-27H2,1-9H3,(H,45,54)(H,47,52)(H,48,53);7-14,17,27H,15-16,18-19H2,1-6H3,(H,35,40)(H,36,41)/t37-;27-/m00/s1. The van der Waals surface area contributed by atoms with Crippen LogP contribution in [0.3, 0.4) is 0 Å². The first-order valence-corrected chi connectivity index (χ1v) is 42.1. The molecule has 4 heterocycles. The molecule has 26 heteroatoms. The van der Waals surface area contributed by atoms with Gasteiger partial charge in [0.05, 0.1) is 11.4 Å². The van der Waals surface area contributed by atoms with Gasteiger partial charge in [-0.2, -0.15) is 20.4 Å². The van der Waals surface area contributed by atoms with Crippen molar-refractivity contribution in [3.63, 3.8) is 0 Å². The van der Waals surface area contributed by atoms with E-state index in [2.05, 4.69) is 92.0 Å². The molecule has 4 aromatic heterocycles. The van der Waals surface area contributed by atoms with Crippen molar-refractivity contribution in [3.8, 4) is 33.4 Å². The van der Waals surface area contributed by atoms with E-state index >= 15 is 0 Å². The third kappa shape index (κ3) is 22.3. The number of hydrogen-bond donors (Lipinski definition) is 5. The quantitative estimate of drug-likeness (QED) is 0.0238. The van der Waals surface area contributed by atoms with Gasteiger partial charge in [-0.1, -0.05) is 127 Å². The van der Waals surface area contributed by atoms with E-state index in [1.165, 1.54) is 21.8 Å². The molecule has 0 saturated heterocycles. The zero-order chi connectivity index (χ0) is 72.8. The van der Waals surface area contributed by atoms with E-state index in [0.717, 1.165) is 90.5 Å². The summed E-state index contributed by atoms with van der Waals surface area (Å²) >= 11 is 16.6. The molecule has 0 spiro atoms. The van der Waals surface area contributed by atoms with Gasteiger partial charge in [0.1, 0.15) is 42.5 Å². The topological polar surface area (TPSA) is 244 Å². The van der Waals surface area contributed by atoms with Crippen LogP contribution in [0.2, 0.25) is 61.4 Å². The van der Waals surface area contributed by atoms with Crippen molar-refractivity contribution in [2.75, 3.05) is 23.8 Å². The minimum atomic E-state index is -1.19. The maximum atomic E-state index is 14.0. The summed E-state index contributed by atoms with van der Waals surface area (Å²) in [6, 6.07) is 37.4. The number of rotatable bonds is 27. The number of aryl methyl sites for hydroxylation is 4. The molecule has 21 nitrogen and oxygen atoms in total. The zero-order valence-electron chi connectivity index (χ0n) is 59.7. The summed E-state index contributed by atoms with van der Waals surface area (Å²) in [5, 5.41) is 33.1. The maximum Gasteiger partial charge on any atom is 0.407 e. The Labute approximate surface area is 606 Å². The summed E-state index contributed by atoms with van der Waals surface area (Å²) in [5.41, 5.74) is 13.1. The lowest BCUT2D eigenvalue weighted by molar-refractivity contribution is -0.118. The van der Waals surface area contributed by atoms with Gasteiger partial charge in [-0.05, 0) is 172 Å². The highest BCUT2D eigenvalue weighted by molar-refractivity contribution is 9.10. The second kappa shape index (κ2) is 34.2. The monoisotopic (exact) mass is 1500 g/mol. The second-order valence-corrected chi connectivity index (χ2v) is 41.1. The van der Waals surface area contributed by atoms with Crippen molar-refractivity contribution in [2.45, 2.75) is 150 Å². The summed E-state index contributed by atoms with van der Waals surface area (Å²) in [4.78, 5) is 66.3. The van der Waals surface area contributed by atoms with Crippen LogP contribution < -0.4 is 26.6 Å². The smallest absolute Gasteiger partial charge is 0.407 e. The van der Waals surface area contributed by atoms with Crippen LogP contribution in [0.5, 0.6) is 0 Å². The molecular formula is C74H92BrCl2N13O8Si2. The zero-order valence-corrected chi connectivity index (χ0v) is 64.8. The van der Waals surface area contributed by atoms with Crippen LogP contribution >= 0.6 is 39.1 Å². The SMILES string of the molecule is Cc1nn(COCC[Si](C)(C)C)c(C)c1-c1ccc(NC(=O)[C@H](Cc2cc(-c3cccc(CNC(=O)OC(C)(C)C)c3)ccc2Cl)NC(=O)c2ccnn2C)cc1.Cc1nn(COCC[Si](C)(C)C)c(C)c1-c1ccc(NC(=O)[C@H](Cc2cc(Br)ccc2Cl)NC(=O)c2ccnn2C)cc1. The Morgan fingerprint density at radius 2 is 0.990 bits per heavy atom. The van der Waals surface area contributed by atoms with E-state index in [4.69, 9.17) is 47.6 Å². The van der Waals surface area contributed by atoms with Gasteiger partial charge in [0.15, 0.2) is 0 Å². The molecule has 0 bridgehead atoms. The summed E-state index contributed by atoms with van der Waals surface area (Å²) in [5.74, 6) is -1.63. The predicted octanol–water partition coefficient (Wildman–Crippen LogP) is 15.1. The van der Waals surface area contributed by atoms with Gasteiger partial charge in [-0.15, -0.1) is 0 Å². The Morgan fingerprint density at radius 3 is 1.42 bits per heavy atom. The molecule has 5 N–H and O–H groups in total. The Morgan fingerprint density at radius 1 is 0.560 bits per heavy atom. The molecule has 9 aromatic rings. The van der Waals surface area contributed by atoms with E-state index in [0.29, 0.717) is 58.4 Å². The fourth-order valence-corrected chi connectivity index (χ4v) is 13.2. The Balaban J connectivity index is 0.000000265. The summed E-state index contributed by atoms with van der Waals surface area (Å²) in [6.07, 6.45) is 2.87. The normalized spacial score (nSPS) is 12.3. The number of amides is 5. The number of alkyl carbamates (subject to hydrolysis) is 1. The molecular weight excluding hydrogens is 1410 g/mol. The van der Waals surface area contributed by atoms with Gasteiger partial charge in [0, 0.05) is 124 Å². The van der Waals surface area contributed by atoms with Gasteiger partial charge in [0.2, 0.25) is 11.8 Å². The Hall–Kier alpha value is -8.50. The van der Waals surface area contributed by atoms with Crippen molar-refractivity contribution < 1.29 is 38.2 Å². The lowest BCUT2D eigenvalue weighted by Gasteiger charge is -2.20. The second-order valence-electron chi connectivity index (χ2n) is 28.2. The summed E-state index contributed by atoms with van der Waals surface area (Å²) in [7, 11) is 0.988. The van der Waals surface area contributed by atoms with Crippen LogP contribution in [0.25, 0.3) is 33.4 Å². The molecule has 0 fully saturated rings. The molecule has 0 radical (unpaired) electrons. The first-order chi connectivity index (χ1) is 47.2. The minimum Gasteiger partial charge on any atom is -0.444 e. The van der Waals surface area contributed by atoms with Crippen molar-refractivity contribution in [1.82, 2.24) is 55.1 Å². The highest BCUT2D eigenvalue weighted by atomic mass is 79.9. The molecule has 2 atom stereocenters. The number of carbonyl (C=O) groups excluding carboxylic acids is 5. The van der Waals surface area contributed by atoms with E-state index in [-0.39, 0.29) is 25.3 Å². The molecule has 530 valence electrons. The fraction of sp³-hybridized carbons (Fsp3) is 0.365. The lowest BCUT2D eigenvalue weighted by Crippen LogP contribution is -2.45. The number of anilines is 2. The van der Waals surface area contributed by atoms with Crippen LogP contribution in [0.4, 0.5) is 16.2 Å². The van der Waals surface area contributed by atoms with Crippen LogP contribution in [-0.2, 0) is 70.7 Å². The lowest BCUT2D eigenvalue weighted by atomic mass is 9.97. The van der Waals surface area contributed by atoms with Gasteiger partial charge in [-0.3, -0.25) is 28.5 Å². The minimum absolute atomic E-state index is 0.109. The number of nitrogens with zero attached hydrogens (tertiary/aromatic N) is 8. The van der Waals surface area contributed by atoms with Crippen molar-refractivity contribution in [2.24, 2.45) is 14.1 Å². The number of halogens is 3. The average molecular weight is 1500 g/mol. The molecule has 100 heavy (non-hydrogen) atoms. The molecule has 0 unspecified atom stereocenters. The largest absolute Gasteiger partial charge is 0.444 e. The Bertz CT molecular complexity index is 4340. The Kier molecular flexibility index (Phi) is 26.5. The fourth-order valence-electron chi connectivity index (χ4n) is 10.9. The molecule has 9 rings (SSSR count). The highest BCUT2D eigenvalue weighted by Crippen LogP contribution is 2.32. The van der Waals surface area contributed by atoms with Crippen molar-refractivity contribution in [3.05, 3.63) is 199 Å². The molecule has 0 saturated carbocycles. The summed E-state index contributed by atoms with van der Waals surface area (Å²) in [6.45, 7) is 30.0. The number of hydrogen-bond acceptors (Lipinski definition) is 12. The van der Waals surface area contributed by atoms with Gasteiger partial charge in [0.25, 0.3) is 11.8 Å². The first-order valence-electron chi connectivity index (χ1n) is 33.1. The van der Waals surface area contributed by atoms with Crippen LogP contribution in [0.15, 0.2) is 138 Å². The van der Waals surface area contributed by atoms with E-state index < -0.39 is 57.6 Å². The summed E-state index contributed by atoms with van der Waals surface area (Å²) < 4.78 is 24.8. The molecule has 5 amide bonds. The number of nitrogens with one attached hydrogen (secondary N) is 5. The van der Waals surface area contributed by atoms with Crippen LogP contribution in [0.1, 0.15) is 81.2 Å². The molecule has 0 aliphatic carbocycles. The van der Waals surface area contributed by atoms with Crippen LogP contribution in [-0.4, -0.2) is 116 Å². The molecule has 0 aliphatic rings. The van der Waals surface area contributed by atoms with E-state index in [9.17, 15) is 24.0 Å².